The van der Waals surface area contributed by atoms with Gasteiger partial charge < -0.3 is 10.1 Å². The van der Waals surface area contributed by atoms with E-state index in [9.17, 15) is 18.0 Å². The first-order valence-electron chi connectivity index (χ1n) is 9.09. The molecule has 1 heterocycles. The van der Waals surface area contributed by atoms with Gasteiger partial charge in [-0.3, -0.25) is 9.59 Å². The predicted octanol–water partition coefficient (Wildman–Crippen LogP) is 2.90. The molecule has 3 rings (SSSR count). The zero-order chi connectivity index (χ0) is 22.1. The van der Waals surface area contributed by atoms with Gasteiger partial charge in [-0.2, -0.15) is 0 Å². The topological polar surface area (TPSA) is 92.8 Å². The molecule has 2 aromatic carbocycles. The average molecular weight is 471 g/mol. The lowest BCUT2D eigenvalue weighted by molar-refractivity contribution is -0.134. The summed E-state index contributed by atoms with van der Waals surface area (Å²) in [4.78, 5) is 25.6. The Kier molecular flexibility index (Phi) is 6.59. The number of amides is 2. The molecule has 1 saturated heterocycles. The minimum Gasteiger partial charge on any atom is -0.496 e. The zero-order valence-electron chi connectivity index (χ0n) is 16.3. The SMILES string of the molecule is COc1ccc(Cl)cc1C[C@@H]1CNC(=O)[C@@H](C)N(S(=O)(=O)c2ccc(Cl)cc2)C1=O. The second-order valence-electron chi connectivity index (χ2n) is 6.87. The lowest BCUT2D eigenvalue weighted by atomic mass is 9.97. The number of hydrogen-bond acceptors (Lipinski definition) is 5. The van der Waals surface area contributed by atoms with Gasteiger partial charge in [-0.1, -0.05) is 23.2 Å². The second kappa shape index (κ2) is 8.83. The van der Waals surface area contributed by atoms with Crippen LogP contribution in [0.3, 0.4) is 0 Å². The van der Waals surface area contributed by atoms with Crippen LogP contribution in [0.4, 0.5) is 0 Å². The van der Waals surface area contributed by atoms with Crippen LogP contribution < -0.4 is 10.1 Å². The number of sulfonamides is 1. The van der Waals surface area contributed by atoms with Gasteiger partial charge in [0.25, 0.3) is 10.0 Å². The summed E-state index contributed by atoms with van der Waals surface area (Å²) in [7, 11) is -2.79. The minimum absolute atomic E-state index is 0.00961. The molecular formula is C20H20Cl2N2O5S. The first kappa shape index (κ1) is 22.4. The Morgan fingerprint density at radius 3 is 2.37 bits per heavy atom. The van der Waals surface area contributed by atoms with Crippen molar-refractivity contribution in [2.24, 2.45) is 5.92 Å². The fourth-order valence-corrected chi connectivity index (χ4v) is 5.24. The van der Waals surface area contributed by atoms with Crippen LogP contribution in [0.15, 0.2) is 47.4 Å². The van der Waals surface area contributed by atoms with Crippen LogP contribution in [0.1, 0.15) is 12.5 Å². The number of methoxy groups -OCH3 is 1. The van der Waals surface area contributed by atoms with Crippen molar-refractivity contribution in [3.63, 3.8) is 0 Å². The first-order valence-corrected chi connectivity index (χ1v) is 11.3. The second-order valence-corrected chi connectivity index (χ2v) is 9.56. The molecule has 7 nitrogen and oxygen atoms in total. The van der Waals surface area contributed by atoms with Crippen molar-refractivity contribution in [3.8, 4) is 5.75 Å². The van der Waals surface area contributed by atoms with E-state index in [0.29, 0.717) is 25.7 Å². The third-order valence-corrected chi connectivity index (χ3v) is 7.27. The standard InChI is InChI=1S/C20H20Cl2N2O5S/c1-12-19(25)23-11-14(9-13-10-16(22)5-8-18(13)29-2)20(26)24(12)30(27,28)17-6-3-15(21)4-7-17/h3-8,10,12,14H,9,11H2,1-2H3,(H,23,25)/t12-,14-/m1/s1. The van der Waals surface area contributed by atoms with Gasteiger partial charge in [0.2, 0.25) is 11.8 Å². The summed E-state index contributed by atoms with van der Waals surface area (Å²) in [5, 5.41) is 3.46. The van der Waals surface area contributed by atoms with Crippen molar-refractivity contribution in [1.29, 1.82) is 0 Å². The van der Waals surface area contributed by atoms with Crippen LogP contribution in [0.2, 0.25) is 10.0 Å². The number of carbonyl (C=O) groups excluding carboxylic acids is 2. The number of benzene rings is 2. The highest BCUT2D eigenvalue weighted by molar-refractivity contribution is 7.89. The monoisotopic (exact) mass is 470 g/mol. The Morgan fingerprint density at radius 2 is 1.73 bits per heavy atom. The molecule has 0 unspecified atom stereocenters. The Morgan fingerprint density at radius 1 is 1.10 bits per heavy atom. The van der Waals surface area contributed by atoms with Gasteiger partial charge in [0, 0.05) is 16.6 Å². The Balaban J connectivity index is 2.01. The Bertz CT molecular complexity index is 1070. The maximum absolute atomic E-state index is 13.3. The molecule has 30 heavy (non-hydrogen) atoms. The van der Waals surface area contributed by atoms with Gasteiger partial charge in [0.05, 0.1) is 17.9 Å². The predicted molar refractivity (Wildman–Crippen MR) is 113 cm³/mol. The molecule has 1 N–H and O–H groups in total. The van der Waals surface area contributed by atoms with Crippen LogP contribution in [0, 0.1) is 5.92 Å². The maximum atomic E-state index is 13.3. The van der Waals surface area contributed by atoms with Gasteiger partial charge >= 0.3 is 0 Å². The third kappa shape index (κ3) is 4.40. The molecule has 160 valence electrons. The number of nitrogens with zero attached hydrogens (tertiary/aromatic N) is 1. The lowest BCUT2D eigenvalue weighted by Gasteiger charge is -2.27. The number of rotatable bonds is 5. The lowest BCUT2D eigenvalue weighted by Crippen LogP contribution is -2.48. The molecule has 2 atom stereocenters. The van der Waals surface area contributed by atoms with Crippen molar-refractivity contribution in [1.82, 2.24) is 9.62 Å². The summed E-state index contributed by atoms with van der Waals surface area (Å²) in [5.41, 5.74) is 0.635. The number of nitrogens with one attached hydrogen (secondary N) is 1. The molecule has 2 amide bonds. The van der Waals surface area contributed by atoms with E-state index in [1.165, 1.54) is 38.3 Å². The molecule has 2 aromatic rings. The summed E-state index contributed by atoms with van der Waals surface area (Å²) in [5.74, 6) is -1.55. The smallest absolute Gasteiger partial charge is 0.267 e. The van der Waals surface area contributed by atoms with Crippen LogP contribution in [-0.2, 0) is 26.0 Å². The largest absolute Gasteiger partial charge is 0.496 e. The van der Waals surface area contributed by atoms with Gasteiger partial charge in [-0.05, 0) is 61.4 Å². The maximum Gasteiger partial charge on any atom is 0.267 e. The quantitative estimate of drug-likeness (QED) is 0.724. The number of carbonyl (C=O) groups is 2. The summed E-state index contributed by atoms with van der Waals surface area (Å²) in [6.45, 7) is 1.37. The molecule has 1 aliphatic heterocycles. The van der Waals surface area contributed by atoms with Gasteiger partial charge in [-0.15, -0.1) is 0 Å². The highest BCUT2D eigenvalue weighted by atomic mass is 35.5. The molecule has 0 bridgehead atoms. The van der Waals surface area contributed by atoms with E-state index in [-0.39, 0.29) is 17.9 Å². The Labute approximate surface area is 185 Å². The first-order chi connectivity index (χ1) is 14.1. The summed E-state index contributed by atoms with van der Waals surface area (Å²) in [6, 6.07) is 9.20. The normalized spacial score (nSPS) is 19.9. The van der Waals surface area contributed by atoms with Crippen molar-refractivity contribution in [3.05, 3.63) is 58.1 Å². The molecule has 0 aromatic heterocycles. The molecule has 0 aliphatic carbocycles. The Hall–Kier alpha value is -2.29. The van der Waals surface area contributed by atoms with E-state index in [2.05, 4.69) is 5.32 Å². The van der Waals surface area contributed by atoms with Gasteiger partial charge in [-0.25, -0.2) is 12.7 Å². The highest BCUT2D eigenvalue weighted by Gasteiger charge is 2.42. The number of ether oxygens (including phenoxy) is 1. The third-order valence-electron chi connectivity index (χ3n) is 4.90. The van der Waals surface area contributed by atoms with E-state index >= 15 is 0 Å². The van der Waals surface area contributed by atoms with Gasteiger partial charge in [0.1, 0.15) is 11.8 Å². The van der Waals surface area contributed by atoms with Crippen molar-refractivity contribution in [2.75, 3.05) is 13.7 Å². The van der Waals surface area contributed by atoms with E-state index in [0.717, 1.165) is 0 Å². The molecular weight excluding hydrogens is 451 g/mol. The van der Waals surface area contributed by atoms with Crippen LogP contribution in [0.25, 0.3) is 0 Å². The zero-order valence-corrected chi connectivity index (χ0v) is 18.6. The fraction of sp³-hybridized carbons (Fsp3) is 0.300. The summed E-state index contributed by atoms with van der Waals surface area (Å²) >= 11 is 11.9. The van der Waals surface area contributed by atoms with Crippen molar-refractivity contribution < 1.29 is 22.7 Å². The van der Waals surface area contributed by atoms with Gasteiger partial charge in [0.15, 0.2) is 0 Å². The molecule has 1 aliphatic rings. The van der Waals surface area contributed by atoms with E-state index in [1.54, 1.807) is 18.2 Å². The molecule has 0 spiro atoms. The van der Waals surface area contributed by atoms with E-state index < -0.39 is 33.8 Å². The molecule has 0 saturated carbocycles. The number of halogens is 2. The van der Waals surface area contributed by atoms with Crippen LogP contribution in [-0.4, -0.2) is 44.2 Å². The fourth-order valence-electron chi connectivity index (χ4n) is 3.31. The molecule has 1 fully saturated rings. The molecule has 10 heteroatoms. The minimum atomic E-state index is -4.28. The summed E-state index contributed by atoms with van der Waals surface area (Å²) in [6.07, 6.45) is 0.141. The molecule has 0 radical (unpaired) electrons. The van der Waals surface area contributed by atoms with E-state index in [4.69, 9.17) is 27.9 Å². The van der Waals surface area contributed by atoms with Crippen molar-refractivity contribution in [2.45, 2.75) is 24.3 Å². The van der Waals surface area contributed by atoms with E-state index in [1.807, 2.05) is 0 Å². The van der Waals surface area contributed by atoms with Crippen LogP contribution in [0.5, 0.6) is 5.75 Å². The van der Waals surface area contributed by atoms with Crippen LogP contribution >= 0.6 is 23.2 Å². The average Bonchev–Trinajstić information content (AvgIpc) is 2.80. The highest BCUT2D eigenvalue weighted by Crippen LogP contribution is 2.29. The van der Waals surface area contributed by atoms with Crippen molar-refractivity contribution >= 4 is 45.0 Å². The summed E-state index contributed by atoms with van der Waals surface area (Å²) < 4.78 is 32.4. The number of hydrogen-bond donors (Lipinski definition) is 1.